The smallest absolute Gasteiger partial charge is 0.316 e. The van der Waals surface area contributed by atoms with Gasteiger partial charge < -0.3 is 14.5 Å². The number of hydrogen-bond acceptors (Lipinski definition) is 3. The molecule has 3 aromatic rings. The van der Waals surface area contributed by atoms with Crippen LogP contribution in [-0.2, 0) is 13.1 Å². The second kappa shape index (κ2) is 7.07. The summed E-state index contributed by atoms with van der Waals surface area (Å²) in [6.45, 7) is 2.47. The maximum atomic E-state index is 13.5. The molecule has 6 nitrogen and oxygen atoms in total. The van der Waals surface area contributed by atoms with E-state index in [0.717, 1.165) is 18.4 Å². The highest BCUT2D eigenvalue weighted by molar-refractivity contribution is 5.97. The summed E-state index contributed by atoms with van der Waals surface area (Å²) in [6, 6.07) is 11.3. The number of carbonyl (C=O) groups is 1. The highest BCUT2D eigenvalue weighted by Crippen LogP contribution is 2.30. The largest absolute Gasteiger partial charge is 0.331 e. The van der Waals surface area contributed by atoms with Crippen molar-refractivity contribution in [1.82, 2.24) is 14.5 Å². The van der Waals surface area contributed by atoms with E-state index in [0.29, 0.717) is 29.7 Å². The summed E-state index contributed by atoms with van der Waals surface area (Å²) in [5.74, 6) is -0.509. The molecule has 1 aromatic heterocycles. The second-order valence-electron chi connectivity index (χ2n) is 7.03. The number of rotatable bonds is 5. The zero-order valence-corrected chi connectivity index (χ0v) is 15.4. The van der Waals surface area contributed by atoms with Crippen LogP contribution in [0.25, 0.3) is 11.0 Å². The first-order valence-electron chi connectivity index (χ1n) is 9.30. The first-order valence-corrected chi connectivity index (χ1v) is 9.30. The Morgan fingerprint density at radius 2 is 2.00 bits per heavy atom. The molecular weight excluding hydrogens is 361 g/mol. The zero-order chi connectivity index (χ0) is 19.8. The van der Waals surface area contributed by atoms with E-state index in [1.165, 1.54) is 16.7 Å². The molecule has 0 aliphatic heterocycles. The fourth-order valence-electron chi connectivity index (χ4n) is 3.48. The third-order valence-corrected chi connectivity index (χ3v) is 5.03. The Morgan fingerprint density at radius 3 is 2.68 bits per heavy atom. The van der Waals surface area contributed by atoms with E-state index in [1.807, 2.05) is 0 Å². The number of aromatic nitrogens is 2. The van der Waals surface area contributed by atoms with Gasteiger partial charge in [-0.05, 0) is 55.7 Å². The molecule has 0 unspecified atom stereocenters. The molecule has 1 saturated carbocycles. The molecule has 0 spiro atoms. The van der Waals surface area contributed by atoms with Gasteiger partial charge in [-0.15, -0.1) is 0 Å². The van der Waals surface area contributed by atoms with Gasteiger partial charge in [-0.25, -0.2) is 4.39 Å². The Bertz CT molecular complexity index is 1180. The molecular formula is C21H20FN3O3. The number of benzene rings is 2. The zero-order valence-electron chi connectivity index (χ0n) is 15.4. The molecule has 1 heterocycles. The average molecular weight is 381 g/mol. The van der Waals surface area contributed by atoms with E-state index in [2.05, 4.69) is 4.98 Å². The summed E-state index contributed by atoms with van der Waals surface area (Å²) >= 11 is 0. The lowest BCUT2D eigenvalue weighted by atomic mass is 10.1. The van der Waals surface area contributed by atoms with Gasteiger partial charge >= 0.3 is 11.1 Å². The van der Waals surface area contributed by atoms with Crippen LogP contribution in [0.5, 0.6) is 0 Å². The summed E-state index contributed by atoms with van der Waals surface area (Å²) in [7, 11) is 0. The number of aromatic amines is 1. The lowest BCUT2D eigenvalue weighted by molar-refractivity contribution is 0.0730. The Morgan fingerprint density at radius 1 is 1.21 bits per heavy atom. The minimum Gasteiger partial charge on any atom is -0.331 e. The lowest BCUT2D eigenvalue weighted by Crippen LogP contribution is -2.36. The topological polar surface area (TPSA) is 75.2 Å². The molecule has 1 fully saturated rings. The molecule has 1 N–H and O–H groups in total. The molecule has 0 radical (unpaired) electrons. The van der Waals surface area contributed by atoms with Crippen molar-refractivity contribution in [3.05, 3.63) is 80.1 Å². The van der Waals surface area contributed by atoms with Gasteiger partial charge in [0.2, 0.25) is 0 Å². The Balaban J connectivity index is 1.71. The number of carbonyl (C=O) groups excluding carboxylic acids is 1. The van der Waals surface area contributed by atoms with Crippen LogP contribution in [0.1, 0.15) is 35.7 Å². The van der Waals surface area contributed by atoms with E-state index >= 15 is 0 Å². The molecule has 4 rings (SSSR count). The number of aryl methyl sites for hydroxylation is 1. The van der Waals surface area contributed by atoms with Crippen molar-refractivity contribution < 1.29 is 9.18 Å². The number of nitrogens with one attached hydrogen (secondary N) is 1. The fourth-order valence-corrected chi connectivity index (χ4v) is 3.48. The Hall–Kier alpha value is -3.22. The van der Waals surface area contributed by atoms with E-state index in [1.54, 1.807) is 42.2 Å². The number of H-pyrrole nitrogens is 1. The number of amides is 1. The van der Waals surface area contributed by atoms with Gasteiger partial charge in [-0.2, -0.15) is 0 Å². The van der Waals surface area contributed by atoms with Crippen LogP contribution >= 0.6 is 0 Å². The van der Waals surface area contributed by atoms with Crippen LogP contribution in [-0.4, -0.2) is 26.4 Å². The van der Waals surface area contributed by atoms with Gasteiger partial charge in [-0.3, -0.25) is 14.4 Å². The lowest BCUT2D eigenvalue weighted by Gasteiger charge is -2.23. The van der Waals surface area contributed by atoms with E-state index in [-0.39, 0.29) is 17.8 Å². The van der Waals surface area contributed by atoms with Crippen molar-refractivity contribution in [2.45, 2.75) is 38.9 Å². The van der Waals surface area contributed by atoms with Crippen molar-refractivity contribution in [3.8, 4) is 0 Å². The molecule has 2 aromatic carbocycles. The molecule has 0 bridgehead atoms. The van der Waals surface area contributed by atoms with Gasteiger partial charge in [0, 0.05) is 24.7 Å². The maximum Gasteiger partial charge on any atom is 0.316 e. The maximum absolute atomic E-state index is 13.5. The van der Waals surface area contributed by atoms with Gasteiger partial charge in [0.15, 0.2) is 0 Å². The molecule has 28 heavy (non-hydrogen) atoms. The van der Waals surface area contributed by atoms with Crippen LogP contribution in [0, 0.1) is 5.82 Å². The SMILES string of the molecule is CCn1c(=O)c(=O)[nH]c2cc(C(=O)N(Cc3cccc(F)c3)C3CC3)ccc21. The van der Waals surface area contributed by atoms with Gasteiger partial charge in [0.25, 0.3) is 5.91 Å². The molecule has 0 saturated heterocycles. The van der Waals surface area contributed by atoms with E-state index in [4.69, 9.17) is 0 Å². The number of hydrogen-bond donors (Lipinski definition) is 1. The monoisotopic (exact) mass is 381 g/mol. The van der Waals surface area contributed by atoms with Crippen molar-refractivity contribution in [2.24, 2.45) is 0 Å². The molecule has 7 heteroatoms. The Labute approximate surface area is 160 Å². The summed E-state index contributed by atoms with van der Waals surface area (Å²) in [5, 5.41) is 0. The molecule has 1 amide bonds. The van der Waals surface area contributed by atoms with Gasteiger partial charge in [0.05, 0.1) is 11.0 Å². The van der Waals surface area contributed by atoms with Crippen LogP contribution in [0.15, 0.2) is 52.1 Å². The third-order valence-electron chi connectivity index (χ3n) is 5.03. The molecule has 144 valence electrons. The summed E-state index contributed by atoms with van der Waals surface area (Å²) < 4.78 is 14.9. The number of fused-ring (bicyclic) bond motifs is 1. The highest BCUT2D eigenvalue weighted by Gasteiger charge is 2.33. The van der Waals surface area contributed by atoms with Crippen molar-refractivity contribution >= 4 is 16.9 Å². The third kappa shape index (κ3) is 3.35. The summed E-state index contributed by atoms with van der Waals surface area (Å²) in [5.41, 5.74) is 0.852. The number of nitrogens with zero attached hydrogens (tertiary/aromatic N) is 2. The minimum absolute atomic E-state index is 0.134. The molecule has 1 aliphatic carbocycles. The summed E-state index contributed by atoms with van der Waals surface area (Å²) in [6.07, 6.45) is 1.84. The highest BCUT2D eigenvalue weighted by atomic mass is 19.1. The molecule has 1 aliphatic rings. The first kappa shape index (κ1) is 18.2. The minimum atomic E-state index is -0.710. The quantitative estimate of drug-likeness (QED) is 0.691. The average Bonchev–Trinajstić information content (AvgIpc) is 3.51. The number of halogens is 1. The van der Waals surface area contributed by atoms with Crippen LogP contribution in [0.3, 0.4) is 0 Å². The molecule has 0 atom stereocenters. The van der Waals surface area contributed by atoms with E-state index in [9.17, 15) is 18.8 Å². The van der Waals surface area contributed by atoms with Gasteiger partial charge in [0.1, 0.15) is 5.82 Å². The van der Waals surface area contributed by atoms with Crippen LogP contribution < -0.4 is 11.1 Å². The first-order chi connectivity index (χ1) is 13.5. The van der Waals surface area contributed by atoms with E-state index < -0.39 is 11.1 Å². The van der Waals surface area contributed by atoms with Gasteiger partial charge in [-0.1, -0.05) is 12.1 Å². The van der Waals surface area contributed by atoms with Crippen LogP contribution in [0.4, 0.5) is 4.39 Å². The van der Waals surface area contributed by atoms with Crippen LogP contribution in [0.2, 0.25) is 0 Å². The normalized spacial score (nSPS) is 13.6. The fraction of sp³-hybridized carbons (Fsp3) is 0.286. The predicted molar refractivity (Wildman–Crippen MR) is 104 cm³/mol. The summed E-state index contributed by atoms with van der Waals surface area (Å²) in [4.78, 5) is 41.3. The second-order valence-corrected chi connectivity index (χ2v) is 7.03. The van der Waals surface area contributed by atoms with Crippen molar-refractivity contribution in [2.75, 3.05) is 0 Å². The standard InChI is InChI=1S/C21H20FN3O3/c1-2-24-18-9-6-14(11-17(18)23-19(26)21(24)28)20(27)25(16-7-8-16)12-13-4-3-5-15(22)10-13/h3-6,9-11,16H,2,7-8,12H2,1H3,(H,23,26). The Kier molecular flexibility index (Phi) is 4.58. The van der Waals surface area contributed by atoms with Crippen molar-refractivity contribution in [3.63, 3.8) is 0 Å². The van der Waals surface area contributed by atoms with Crippen molar-refractivity contribution in [1.29, 1.82) is 0 Å². The predicted octanol–water partition coefficient (Wildman–Crippen LogP) is 2.65.